The third kappa shape index (κ3) is 3.38. The Balaban J connectivity index is 2.76. The minimum atomic E-state index is -0.574. The van der Waals surface area contributed by atoms with Gasteiger partial charge in [-0.25, -0.2) is 10.2 Å². The first kappa shape index (κ1) is 11.2. The minimum Gasteiger partial charge on any atom is -0.452 e. The lowest BCUT2D eigenvalue weighted by Gasteiger charge is -2.03. The summed E-state index contributed by atoms with van der Waals surface area (Å²) in [7, 11) is 1.29. The molecule has 0 aliphatic carbocycles. The number of pyridine rings is 1. The smallest absolute Gasteiger partial charge is 0.427 e. The second-order valence-electron chi connectivity index (χ2n) is 2.75. The molecule has 0 bridgehead atoms. The fraction of sp³-hybridized carbons (Fsp3) is 0.300. The van der Waals surface area contributed by atoms with E-state index in [4.69, 9.17) is 0 Å². The number of methoxy groups -OCH3 is 1. The van der Waals surface area contributed by atoms with Crippen LogP contribution in [0.25, 0.3) is 0 Å². The quantitative estimate of drug-likeness (QED) is 0.604. The maximum Gasteiger partial charge on any atom is 0.427 e. The van der Waals surface area contributed by atoms with Crippen molar-refractivity contribution < 1.29 is 9.53 Å². The van der Waals surface area contributed by atoms with E-state index in [1.54, 1.807) is 12.4 Å². The van der Waals surface area contributed by atoms with Crippen LogP contribution in [0.5, 0.6) is 0 Å². The summed E-state index contributed by atoms with van der Waals surface area (Å²) in [6, 6.07) is 3.67. The lowest BCUT2D eigenvalue weighted by molar-refractivity contribution is 0.171. The molecule has 5 heteroatoms. The maximum absolute atomic E-state index is 10.8. The Bertz CT molecular complexity index is 349. The first-order valence-electron chi connectivity index (χ1n) is 4.58. The first-order chi connectivity index (χ1) is 7.27. The molecule has 0 saturated heterocycles. The molecule has 0 unspecified atom stereocenters. The van der Waals surface area contributed by atoms with Crippen LogP contribution in [0.1, 0.15) is 18.9 Å². The van der Waals surface area contributed by atoms with E-state index in [0.29, 0.717) is 6.42 Å². The van der Waals surface area contributed by atoms with Gasteiger partial charge in [0.25, 0.3) is 0 Å². The van der Waals surface area contributed by atoms with E-state index in [0.717, 1.165) is 11.3 Å². The molecule has 1 heterocycles. The average molecular weight is 207 g/mol. The molecule has 0 aliphatic heterocycles. The zero-order valence-electron chi connectivity index (χ0n) is 8.73. The number of amides is 1. The molecule has 0 spiro atoms. The number of rotatable bonds is 3. The molecule has 1 aromatic heterocycles. The lowest BCUT2D eigenvalue weighted by Crippen LogP contribution is -2.19. The number of hydrogen-bond acceptors (Lipinski definition) is 4. The van der Waals surface area contributed by atoms with Crippen molar-refractivity contribution in [3.8, 4) is 0 Å². The van der Waals surface area contributed by atoms with Crippen molar-refractivity contribution in [1.82, 2.24) is 10.4 Å². The van der Waals surface area contributed by atoms with Crippen molar-refractivity contribution in [2.75, 3.05) is 7.11 Å². The predicted octanol–water partition coefficient (Wildman–Crippen LogP) is 1.55. The number of nitrogens with one attached hydrogen (secondary N) is 1. The van der Waals surface area contributed by atoms with Gasteiger partial charge in [0.15, 0.2) is 0 Å². The van der Waals surface area contributed by atoms with Gasteiger partial charge in [-0.1, -0.05) is 6.92 Å². The van der Waals surface area contributed by atoms with Crippen LogP contribution in [0.4, 0.5) is 4.79 Å². The highest BCUT2D eigenvalue weighted by Gasteiger charge is 2.01. The molecule has 0 saturated carbocycles. The zero-order valence-corrected chi connectivity index (χ0v) is 8.73. The van der Waals surface area contributed by atoms with Gasteiger partial charge in [0.05, 0.1) is 12.8 Å². The Hall–Kier alpha value is -1.91. The Morgan fingerprint density at radius 1 is 1.53 bits per heavy atom. The molecule has 0 aliphatic rings. The van der Waals surface area contributed by atoms with Crippen LogP contribution in [-0.4, -0.2) is 23.9 Å². The summed E-state index contributed by atoms with van der Waals surface area (Å²) in [5.74, 6) is 0. The largest absolute Gasteiger partial charge is 0.452 e. The van der Waals surface area contributed by atoms with Crippen LogP contribution in [0.3, 0.4) is 0 Å². The van der Waals surface area contributed by atoms with Gasteiger partial charge in [-0.15, -0.1) is 0 Å². The molecule has 0 radical (unpaired) electrons. The number of nitrogens with zero attached hydrogens (tertiary/aromatic N) is 2. The summed E-state index contributed by atoms with van der Waals surface area (Å²) in [6.45, 7) is 1.96. The van der Waals surface area contributed by atoms with Gasteiger partial charge in [0.2, 0.25) is 0 Å². The number of hydrazone groups is 1. The molecule has 1 aromatic rings. The summed E-state index contributed by atoms with van der Waals surface area (Å²) < 4.78 is 4.41. The lowest BCUT2D eigenvalue weighted by atomic mass is 10.1. The van der Waals surface area contributed by atoms with E-state index in [9.17, 15) is 4.79 Å². The second-order valence-corrected chi connectivity index (χ2v) is 2.75. The van der Waals surface area contributed by atoms with Crippen molar-refractivity contribution in [2.45, 2.75) is 13.3 Å². The Morgan fingerprint density at radius 3 is 2.73 bits per heavy atom. The van der Waals surface area contributed by atoms with Crippen molar-refractivity contribution >= 4 is 11.8 Å². The van der Waals surface area contributed by atoms with Crippen LogP contribution < -0.4 is 5.43 Å². The number of carbonyl (C=O) groups is 1. The standard InChI is InChI=1S/C10H13N3O2/c1-3-9(12-13-10(14)15-2)8-4-6-11-7-5-8/h4-7H,3H2,1-2H3,(H,13,14). The van der Waals surface area contributed by atoms with E-state index >= 15 is 0 Å². The monoisotopic (exact) mass is 207 g/mol. The summed E-state index contributed by atoms with van der Waals surface area (Å²) in [5.41, 5.74) is 4.00. The van der Waals surface area contributed by atoms with E-state index in [1.165, 1.54) is 7.11 Å². The Kier molecular flexibility index (Phi) is 4.28. The molecule has 5 nitrogen and oxygen atoms in total. The second kappa shape index (κ2) is 5.74. The van der Waals surface area contributed by atoms with Gasteiger partial charge in [0.1, 0.15) is 0 Å². The van der Waals surface area contributed by atoms with Gasteiger partial charge < -0.3 is 4.74 Å². The van der Waals surface area contributed by atoms with Gasteiger partial charge in [-0.2, -0.15) is 5.10 Å². The average Bonchev–Trinajstić information content (AvgIpc) is 2.31. The topological polar surface area (TPSA) is 63.6 Å². The predicted molar refractivity (Wildman–Crippen MR) is 56.6 cm³/mol. The molecule has 1 amide bonds. The minimum absolute atomic E-state index is 0.574. The molecule has 1 rings (SSSR count). The van der Waals surface area contributed by atoms with Crippen LogP contribution in [0.2, 0.25) is 0 Å². The molecule has 15 heavy (non-hydrogen) atoms. The summed E-state index contributed by atoms with van der Waals surface area (Å²) >= 11 is 0. The maximum atomic E-state index is 10.8. The third-order valence-corrected chi connectivity index (χ3v) is 1.82. The van der Waals surface area contributed by atoms with E-state index in [1.807, 2.05) is 19.1 Å². The number of ether oxygens (including phenoxy) is 1. The molecular formula is C10H13N3O2. The molecule has 1 N–H and O–H groups in total. The summed E-state index contributed by atoms with van der Waals surface area (Å²) in [5, 5.41) is 3.95. The Labute approximate surface area is 88.2 Å². The van der Waals surface area contributed by atoms with Crippen LogP contribution in [0.15, 0.2) is 29.6 Å². The van der Waals surface area contributed by atoms with Gasteiger partial charge in [-0.05, 0) is 18.6 Å². The van der Waals surface area contributed by atoms with Crippen molar-refractivity contribution in [3.63, 3.8) is 0 Å². The highest BCUT2D eigenvalue weighted by molar-refractivity contribution is 6.00. The summed E-state index contributed by atoms with van der Waals surface area (Å²) in [6.07, 6.45) is 3.50. The molecular weight excluding hydrogens is 194 g/mol. The molecule has 0 fully saturated rings. The number of hydrogen-bond donors (Lipinski definition) is 1. The molecule has 0 atom stereocenters. The number of carbonyl (C=O) groups excluding carboxylic acids is 1. The van der Waals surface area contributed by atoms with E-state index in [2.05, 4.69) is 20.2 Å². The summed E-state index contributed by atoms with van der Waals surface area (Å²) in [4.78, 5) is 14.7. The fourth-order valence-electron chi connectivity index (χ4n) is 1.05. The zero-order chi connectivity index (χ0) is 11.1. The fourth-order valence-corrected chi connectivity index (χ4v) is 1.05. The highest BCUT2D eigenvalue weighted by atomic mass is 16.5. The van der Waals surface area contributed by atoms with Crippen LogP contribution in [0, 0.1) is 0 Å². The van der Waals surface area contributed by atoms with Gasteiger partial charge in [-0.3, -0.25) is 4.98 Å². The third-order valence-electron chi connectivity index (χ3n) is 1.82. The van der Waals surface area contributed by atoms with E-state index < -0.39 is 6.09 Å². The van der Waals surface area contributed by atoms with Gasteiger partial charge >= 0.3 is 6.09 Å². The normalized spacial score (nSPS) is 10.9. The van der Waals surface area contributed by atoms with Crippen molar-refractivity contribution in [2.24, 2.45) is 5.10 Å². The van der Waals surface area contributed by atoms with E-state index in [-0.39, 0.29) is 0 Å². The Morgan fingerprint density at radius 2 is 2.20 bits per heavy atom. The van der Waals surface area contributed by atoms with Crippen LogP contribution >= 0.6 is 0 Å². The van der Waals surface area contributed by atoms with Crippen molar-refractivity contribution in [1.29, 1.82) is 0 Å². The SMILES string of the molecule is CCC(=NNC(=O)OC)c1ccncc1. The number of aromatic nitrogens is 1. The highest BCUT2D eigenvalue weighted by Crippen LogP contribution is 2.02. The van der Waals surface area contributed by atoms with Gasteiger partial charge in [0, 0.05) is 18.0 Å². The molecule has 0 aromatic carbocycles. The van der Waals surface area contributed by atoms with Crippen molar-refractivity contribution in [3.05, 3.63) is 30.1 Å². The first-order valence-corrected chi connectivity index (χ1v) is 4.58. The van der Waals surface area contributed by atoms with Crippen LogP contribution in [-0.2, 0) is 4.74 Å². The molecule has 80 valence electrons.